The minimum absolute atomic E-state index is 0. The minimum atomic E-state index is -5.39. The van der Waals surface area contributed by atoms with Crippen molar-refractivity contribution in [2.75, 3.05) is 0 Å². The van der Waals surface area contributed by atoms with Crippen molar-refractivity contribution in [3.63, 3.8) is 0 Å². The van der Waals surface area contributed by atoms with Gasteiger partial charge in [0.15, 0.2) is 0 Å². The van der Waals surface area contributed by atoms with Crippen molar-refractivity contribution in [2.24, 2.45) is 0 Å². The van der Waals surface area contributed by atoms with Gasteiger partial charge in [0.25, 0.3) is 0 Å². The Bertz CT molecular complexity index is 62.7. The quantitative estimate of drug-likeness (QED) is 0.267. The van der Waals surface area contributed by atoms with Crippen molar-refractivity contribution in [2.45, 2.75) is 13.8 Å². The molecule has 0 aromatic heterocycles. The summed E-state index contributed by atoms with van der Waals surface area (Å²) in [6, 6.07) is 0. The average Bonchev–Trinajstić information content (AvgIpc) is 1.36. The van der Waals surface area contributed by atoms with Crippen LogP contribution in [0, 0.1) is 0 Å². The van der Waals surface area contributed by atoms with E-state index in [2.05, 4.69) is 0 Å². The van der Waals surface area contributed by atoms with Crippen LogP contribution in [-0.2, 0) is 4.57 Å². The van der Waals surface area contributed by atoms with Crippen molar-refractivity contribution in [1.82, 2.24) is 0 Å². The molecule has 0 rings (SSSR count). The van der Waals surface area contributed by atoms with E-state index in [9.17, 15) is 0 Å². The maximum absolute atomic E-state index is 8.55. The van der Waals surface area contributed by atoms with Gasteiger partial charge in [-0.2, -0.15) is 7.82 Å². The molecule has 0 fully saturated rings. The zero-order chi connectivity index (χ0) is 6.50. The monoisotopic (exact) mass is 171 g/mol. The van der Waals surface area contributed by atoms with Crippen LogP contribution in [-0.4, -0.2) is 0 Å². The third kappa shape index (κ3) is 149. The van der Waals surface area contributed by atoms with Gasteiger partial charge in [-0.15, -0.1) is 0 Å². The fourth-order valence-corrected chi connectivity index (χ4v) is 0. The molecule has 0 atom stereocenters. The SMILES string of the molecule is CC.O=P([O-])([O-])[O-].[Na+].[Na+]. The second-order valence-corrected chi connectivity index (χ2v) is 1.34. The van der Waals surface area contributed by atoms with E-state index in [1.807, 2.05) is 13.8 Å². The summed E-state index contributed by atoms with van der Waals surface area (Å²) >= 11 is 0. The van der Waals surface area contributed by atoms with Gasteiger partial charge in [-0.1, -0.05) is 13.8 Å². The summed E-state index contributed by atoms with van der Waals surface area (Å²) in [5, 5.41) is 0. The molecule has 0 aliphatic carbocycles. The summed E-state index contributed by atoms with van der Waals surface area (Å²) in [5.74, 6) is 0. The summed E-state index contributed by atoms with van der Waals surface area (Å²) in [6.07, 6.45) is 0. The van der Waals surface area contributed by atoms with Crippen LogP contribution >= 0.6 is 7.82 Å². The van der Waals surface area contributed by atoms with Gasteiger partial charge in [0, 0.05) is 0 Å². The Labute approximate surface area is 98.9 Å². The summed E-state index contributed by atoms with van der Waals surface area (Å²) in [7, 11) is -5.39. The molecule has 0 N–H and O–H groups in total. The molecule has 4 nitrogen and oxygen atoms in total. The van der Waals surface area contributed by atoms with Crippen LogP contribution in [0.3, 0.4) is 0 Å². The first-order valence-electron chi connectivity index (χ1n) is 1.73. The maximum Gasteiger partial charge on any atom is 1.00 e. The molecule has 0 aromatic carbocycles. The summed E-state index contributed by atoms with van der Waals surface area (Å²) in [4.78, 5) is 25.6. The van der Waals surface area contributed by atoms with E-state index in [-0.39, 0.29) is 59.1 Å². The minimum Gasteiger partial charge on any atom is -0.822 e. The molecule has 0 saturated heterocycles. The Morgan fingerprint density at radius 1 is 1.00 bits per heavy atom. The van der Waals surface area contributed by atoms with Crippen molar-refractivity contribution >= 4 is 7.82 Å². The molecule has 9 heavy (non-hydrogen) atoms. The van der Waals surface area contributed by atoms with Crippen LogP contribution in [0.2, 0.25) is 0 Å². The van der Waals surface area contributed by atoms with E-state index in [1.54, 1.807) is 0 Å². The Balaban J connectivity index is -0.0000000286. The van der Waals surface area contributed by atoms with Crippen LogP contribution in [0.15, 0.2) is 0 Å². The number of hydrogen-bond donors (Lipinski definition) is 0. The van der Waals surface area contributed by atoms with Crippen molar-refractivity contribution < 1.29 is 78.4 Å². The second kappa shape index (κ2) is 12.8. The molecular formula is C2H6Na2O4P-. The van der Waals surface area contributed by atoms with Crippen molar-refractivity contribution in [3.05, 3.63) is 0 Å². The molecule has 46 valence electrons. The van der Waals surface area contributed by atoms with E-state index in [4.69, 9.17) is 19.2 Å². The maximum atomic E-state index is 8.55. The van der Waals surface area contributed by atoms with E-state index in [0.717, 1.165) is 0 Å². The topological polar surface area (TPSA) is 86.2 Å². The average molecular weight is 171 g/mol. The molecule has 0 amide bonds. The molecule has 0 bridgehead atoms. The first kappa shape index (κ1) is 22.5. The first-order valence-corrected chi connectivity index (χ1v) is 3.19. The molecule has 0 spiro atoms. The summed E-state index contributed by atoms with van der Waals surface area (Å²) in [6.45, 7) is 4.00. The van der Waals surface area contributed by atoms with Crippen LogP contribution in [0.5, 0.6) is 0 Å². The predicted molar refractivity (Wildman–Crippen MR) is 19.0 cm³/mol. The van der Waals surface area contributed by atoms with Gasteiger partial charge in [-0.25, -0.2) is 0 Å². The normalized spacial score (nSPS) is 7.22. The second-order valence-electron chi connectivity index (χ2n) is 0.447. The Morgan fingerprint density at radius 3 is 1.00 bits per heavy atom. The standard InChI is InChI=1S/C2H6.2Na.H3O4P/c1-2;;;1-5(2,3)4/h1-2H3;;;(H3,1,2,3,4)/q;2*+1;/p-3. The number of phosphoric acid groups is 1. The molecule has 0 radical (unpaired) electrons. The molecule has 0 unspecified atom stereocenters. The van der Waals surface area contributed by atoms with Crippen LogP contribution in [0.25, 0.3) is 0 Å². The zero-order valence-electron chi connectivity index (χ0n) is 6.08. The Morgan fingerprint density at radius 2 is 1.00 bits per heavy atom. The third-order valence-electron chi connectivity index (χ3n) is 0. The fraction of sp³-hybridized carbons (Fsp3) is 1.00. The van der Waals surface area contributed by atoms with Gasteiger partial charge >= 0.3 is 59.1 Å². The fourth-order valence-electron chi connectivity index (χ4n) is 0. The van der Waals surface area contributed by atoms with E-state index >= 15 is 0 Å². The van der Waals surface area contributed by atoms with E-state index in [0.29, 0.717) is 0 Å². The summed E-state index contributed by atoms with van der Waals surface area (Å²) in [5.41, 5.74) is 0. The van der Waals surface area contributed by atoms with E-state index in [1.165, 1.54) is 0 Å². The molecule has 0 saturated carbocycles. The van der Waals surface area contributed by atoms with Gasteiger partial charge < -0.3 is 19.2 Å². The van der Waals surface area contributed by atoms with Gasteiger partial charge in [0.05, 0.1) is 0 Å². The Hall–Kier alpha value is 2.11. The molecule has 0 aliphatic rings. The molecule has 0 aromatic rings. The molecular weight excluding hydrogens is 165 g/mol. The van der Waals surface area contributed by atoms with Crippen molar-refractivity contribution in [1.29, 1.82) is 0 Å². The number of rotatable bonds is 0. The van der Waals surface area contributed by atoms with Crippen LogP contribution in [0.1, 0.15) is 13.8 Å². The van der Waals surface area contributed by atoms with Crippen molar-refractivity contribution in [3.8, 4) is 0 Å². The first-order chi connectivity index (χ1) is 3.00. The van der Waals surface area contributed by atoms with Gasteiger partial charge in [-0.3, -0.25) is 0 Å². The Kier molecular flexibility index (Phi) is 31.8. The van der Waals surface area contributed by atoms with E-state index < -0.39 is 7.82 Å². The summed E-state index contributed by atoms with van der Waals surface area (Å²) < 4.78 is 8.55. The smallest absolute Gasteiger partial charge is 0.822 e. The zero-order valence-corrected chi connectivity index (χ0v) is 11.0. The van der Waals surface area contributed by atoms with Gasteiger partial charge in [0.1, 0.15) is 0 Å². The largest absolute Gasteiger partial charge is 1.00 e. The van der Waals surface area contributed by atoms with Crippen LogP contribution < -0.4 is 73.8 Å². The molecule has 0 aliphatic heterocycles. The predicted octanol–water partition coefficient (Wildman–Crippen LogP) is -7.79. The van der Waals surface area contributed by atoms with Gasteiger partial charge in [0.2, 0.25) is 0 Å². The number of hydrogen-bond acceptors (Lipinski definition) is 4. The third-order valence-corrected chi connectivity index (χ3v) is 0. The van der Waals surface area contributed by atoms with Crippen LogP contribution in [0.4, 0.5) is 0 Å². The van der Waals surface area contributed by atoms with Gasteiger partial charge in [-0.05, 0) is 0 Å². The molecule has 7 heteroatoms. The molecule has 0 heterocycles.